The van der Waals surface area contributed by atoms with Gasteiger partial charge >= 0.3 is 0 Å². The molecule has 1 atom stereocenters. The number of methoxy groups -OCH3 is 2. The molecule has 2 aromatic carbocycles. The summed E-state index contributed by atoms with van der Waals surface area (Å²) < 4.78 is 50.1. The SMILES string of the molecule is COc1ccc(CCNC(=O)C(C)NS(=O)(=O)c2ccc(F)cc2)cc1OC. The van der Waals surface area contributed by atoms with Crippen LogP contribution in [0.25, 0.3) is 0 Å². The molecule has 0 aromatic heterocycles. The third-order valence-corrected chi connectivity index (χ3v) is 5.57. The first-order chi connectivity index (χ1) is 13.3. The van der Waals surface area contributed by atoms with E-state index in [9.17, 15) is 17.6 Å². The smallest absolute Gasteiger partial charge is 0.241 e. The standard InChI is InChI=1S/C19H23FN2O5S/c1-13(22-28(24,25)16-7-5-15(20)6-8-16)19(23)21-11-10-14-4-9-17(26-2)18(12-14)27-3/h4-9,12-13,22H,10-11H2,1-3H3,(H,21,23). The van der Waals surface area contributed by atoms with E-state index < -0.39 is 27.8 Å². The van der Waals surface area contributed by atoms with E-state index in [1.165, 1.54) is 14.0 Å². The van der Waals surface area contributed by atoms with Crippen molar-refractivity contribution in [2.24, 2.45) is 0 Å². The van der Waals surface area contributed by atoms with Crippen molar-refractivity contribution >= 4 is 15.9 Å². The van der Waals surface area contributed by atoms with E-state index in [0.29, 0.717) is 24.5 Å². The van der Waals surface area contributed by atoms with Crippen molar-refractivity contribution in [1.82, 2.24) is 10.0 Å². The van der Waals surface area contributed by atoms with Crippen LogP contribution < -0.4 is 19.5 Å². The predicted octanol–water partition coefficient (Wildman–Crippen LogP) is 1.87. The largest absolute Gasteiger partial charge is 0.493 e. The number of carbonyl (C=O) groups excluding carboxylic acids is 1. The Kier molecular flexibility index (Phi) is 7.36. The van der Waals surface area contributed by atoms with Gasteiger partial charge in [0.05, 0.1) is 25.2 Å². The van der Waals surface area contributed by atoms with E-state index in [2.05, 4.69) is 10.0 Å². The van der Waals surface area contributed by atoms with Gasteiger partial charge in [-0.15, -0.1) is 0 Å². The lowest BCUT2D eigenvalue weighted by atomic mass is 10.1. The highest BCUT2D eigenvalue weighted by molar-refractivity contribution is 7.89. The van der Waals surface area contributed by atoms with Crippen LogP contribution in [0.4, 0.5) is 4.39 Å². The maximum atomic E-state index is 12.9. The second-order valence-corrected chi connectivity index (χ2v) is 7.74. The molecule has 0 spiro atoms. The van der Waals surface area contributed by atoms with E-state index >= 15 is 0 Å². The first-order valence-corrected chi connectivity index (χ1v) is 10.0. The van der Waals surface area contributed by atoms with E-state index in [-0.39, 0.29) is 4.90 Å². The van der Waals surface area contributed by atoms with Crippen LogP contribution in [0.2, 0.25) is 0 Å². The lowest BCUT2D eigenvalue weighted by Gasteiger charge is -2.15. The summed E-state index contributed by atoms with van der Waals surface area (Å²) in [4.78, 5) is 12.1. The van der Waals surface area contributed by atoms with Crippen molar-refractivity contribution in [1.29, 1.82) is 0 Å². The summed E-state index contributed by atoms with van der Waals surface area (Å²) >= 11 is 0. The van der Waals surface area contributed by atoms with Crippen LogP contribution in [0.5, 0.6) is 11.5 Å². The molecular formula is C19H23FN2O5S. The minimum absolute atomic E-state index is 0.112. The highest BCUT2D eigenvalue weighted by Crippen LogP contribution is 2.27. The Morgan fingerprint density at radius 3 is 2.32 bits per heavy atom. The molecule has 0 fully saturated rings. The lowest BCUT2D eigenvalue weighted by molar-refractivity contribution is -0.122. The average Bonchev–Trinajstić information content (AvgIpc) is 2.67. The van der Waals surface area contributed by atoms with Gasteiger partial charge in [0.1, 0.15) is 5.82 Å². The first-order valence-electron chi connectivity index (χ1n) is 8.53. The molecule has 0 aliphatic heterocycles. The molecule has 0 bridgehead atoms. The van der Waals surface area contributed by atoms with E-state index in [4.69, 9.17) is 9.47 Å². The van der Waals surface area contributed by atoms with Crippen LogP contribution in [0.3, 0.4) is 0 Å². The Bertz CT molecular complexity index is 916. The highest BCUT2D eigenvalue weighted by Gasteiger charge is 2.21. The van der Waals surface area contributed by atoms with Gasteiger partial charge in [0, 0.05) is 6.54 Å². The topological polar surface area (TPSA) is 93.7 Å². The summed E-state index contributed by atoms with van der Waals surface area (Å²) in [5, 5.41) is 2.68. The van der Waals surface area contributed by atoms with Crippen molar-refractivity contribution in [3.63, 3.8) is 0 Å². The van der Waals surface area contributed by atoms with Gasteiger partial charge in [-0.2, -0.15) is 4.72 Å². The van der Waals surface area contributed by atoms with Crippen LogP contribution >= 0.6 is 0 Å². The lowest BCUT2D eigenvalue weighted by Crippen LogP contribution is -2.45. The van der Waals surface area contributed by atoms with Crippen molar-refractivity contribution in [2.45, 2.75) is 24.3 Å². The molecule has 0 aliphatic carbocycles. The number of carbonyl (C=O) groups is 1. The maximum absolute atomic E-state index is 12.9. The van der Waals surface area contributed by atoms with Crippen LogP contribution in [0, 0.1) is 5.82 Å². The van der Waals surface area contributed by atoms with Crippen molar-refractivity contribution in [3.8, 4) is 11.5 Å². The number of hydrogen-bond donors (Lipinski definition) is 2. The zero-order chi connectivity index (χ0) is 20.7. The van der Waals surface area contributed by atoms with Crippen molar-refractivity contribution < 1.29 is 27.1 Å². The molecule has 0 aliphatic rings. The number of amides is 1. The number of benzene rings is 2. The molecule has 2 rings (SSSR count). The van der Waals surface area contributed by atoms with Gasteiger partial charge in [-0.1, -0.05) is 6.07 Å². The molecule has 0 radical (unpaired) electrons. The first kappa shape index (κ1) is 21.6. The zero-order valence-corrected chi connectivity index (χ0v) is 16.7. The Morgan fingerprint density at radius 2 is 1.71 bits per heavy atom. The van der Waals surface area contributed by atoms with Gasteiger partial charge in [0.15, 0.2) is 11.5 Å². The molecule has 152 valence electrons. The fourth-order valence-corrected chi connectivity index (χ4v) is 3.69. The molecule has 0 saturated heterocycles. The number of nitrogens with one attached hydrogen (secondary N) is 2. The predicted molar refractivity (Wildman–Crippen MR) is 102 cm³/mol. The molecular weight excluding hydrogens is 387 g/mol. The molecule has 28 heavy (non-hydrogen) atoms. The fraction of sp³-hybridized carbons (Fsp3) is 0.316. The van der Waals surface area contributed by atoms with Gasteiger partial charge in [0.2, 0.25) is 15.9 Å². The highest BCUT2D eigenvalue weighted by atomic mass is 32.2. The van der Waals surface area contributed by atoms with Gasteiger partial charge in [-0.25, -0.2) is 12.8 Å². The monoisotopic (exact) mass is 410 g/mol. The summed E-state index contributed by atoms with van der Waals surface area (Å²) in [7, 11) is -0.835. The average molecular weight is 410 g/mol. The van der Waals surface area contributed by atoms with Crippen LogP contribution in [0.1, 0.15) is 12.5 Å². The Labute approximate surface area is 163 Å². The van der Waals surface area contributed by atoms with E-state index in [1.807, 2.05) is 12.1 Å². The summed E-state index contributed by atoms with van der Waals surface area (Å²) in [5.74, 6) is 0.192. The minimum Gasteiger partial charge on any atom is -0.493 e. The number of sulfonamides is 1. The fourth-order valence-electron chi connectivity index (χ4n) is 2.49. The number of halogens is 1. The molecule has 1 unspecified atom stereocenters. The molecule has 9 heteroatoms. The second kappa shape index (κ2) is 9.52. The zero-order valence-electron chi connectivity index (χ0n) is 15.9. The summed E-state index contributed by atoms with van der Waals surface area (Å²) in [6, 6.07) is 8.82. The number of rotatable bonds is 9. The number of hydrogen-bond acceptors (Lipinski definition) is 5. The Balaban J connectivity index is 1.89. The van der Waals surface area contributed by atoms with Gasteiger partial charge in [-0.05, 0) is 55.3 Å². The molecule has 1 amide bonds. The molecule has 2 N–H and O–H groups in total. The Hall–Kier alpha value is -2.65. The summed E-state index contributed by atoms with van der Waals surface area (Å²) in [6.45, 7) is 1.75. The third-order valence-electron chi connectivity index (χ3n) is 4.01. The molecule has 7 nitrogen and oxygen atoms in total. The van der Waals surface area contributed by atoms with E-state index in [1.54, 1.807) is 13.2 Å². The third kappa shape index (κ3) is 5.67. The normalized spacial score (nSPS) is 12.3. The number of ether oxygens (including phenoxy) is 2. The van der Waals surface area contributed by atoms with E-state index in [0.717, 1.165) is 29.8 Å². The maximum Gasteiger partial charge on any atom is 0.241 e. The quantitative estimate of drug-likeness (QED) is 0.658. The second-order valence-electron chi connectivity index (χ2n) is 6.03. The van der Waals surface area contributed by atoms with Gasteiger partial charge in [0.25, 0.3) is 0 Å². The summed E-state index contributed by atoms with van der Waals surface area (Å²) in [6.07, 6.45) is 0.531. The van der Waals surface area contributed by atoms with Gasteiger partial charge < -0.3 is 14.8 Å². The Morgan fingerprint density at radius 1 is 1.07 bits per heavy atom. The van der Waals surface area contributed by atoms with Crippen LogP contribution in [-0.4, -0.2) is 41.1 Å². The van der Waals surface area contributed by atoms with Gasteiger partial charge in [-0.3, -0.25) is 4.79 Å². The summed E-state index contributed by atoms with van der Waals surface area (Å²) in [5.41, 5.74) is 0.928. The minimum atomic E-state index is -3.92. The molecule has 0 heterocycles. The van der Waals surface area contributed by atoms with Crippen LogP contribution in [0.15, 0.2) is 47.4 Å². The van der Waals surface area contributed by atoms with Crippen molar-refractivity contribution in [3.05, 3.63) is 53.8 Å². The van der Waals surface area contributed by atoms with Crippen molar-refractivity contribution in [2.75, 3.05) is 20.8 Å². The van der Waals surface area contributed by atoms with Crippen LogP contribution in [-0.2, 0) is 21.2 Å². The molecule has 2 aromatic rings. The molecule has 0 saturated carbocycles.